The molecule has 0 unspecified atom stereocenters. The number of nitrogens with zero attached hydrogens (tertiary/aromatic N) is 1. The van der Waals surface area contributed by atoms with E-state index in [1.165, 1.54) is 0 Å². The molecule has 0 atom stereocenters. The van der Waals surface area contributed by atoms with E-state index in [9.17, 15) is 9.90 Å². The third-order valence-electron chi connectivity index (χ3n) is 4.03. The summed E-state index contributed by atoms with van der Waals surface area (Å²) in [6, 6.07) is 9.51. The second-order valence-electron chi connectivity index (χ2n) is 5.88. The monoisotopic (exact) mass is 307 g/mol. The van der Waals surface area contributed by atoms with Crippen LogP contribution in [0, 0.1) is 0 Å². The van der Waals surface area contributed by atoms with Gasteiger partial charge in [-0.15, -0.1) is 0 Å². The number of esters is 1. The molecule has 3 rings (SSSR count). The molecule has 1 spiro atoms. The summed E-state index contributed by atoms with van der Waals surface area (Å²) in [5.74, 6) is -2.20. The van der Waals surface area contributed by atoms with Crippen LogP contribution in [0.15, 0.2) is 30.3 Å². The number of hydrogen-bond donors (Lipinski definition) is 1. The number of carbonyl (C=O) groups excluding carboxylic acids is 1. The van der Waals surface area contributed by atoms with Crippen LogP contribution in [0.3, 0.4) is 0 Å². The zero-order valence-corrected chi connectivity index (χ0v) is 12.7. The minimum Gasteiger partial charge on any atom is -0.461 e. The first-order chi connectivity index (χ1) is 10.6. The van der Waals surface area contributed by atoms with Crippen LogP contribution < -0.4 is 0 Å². The van der Waals surface area contributed by atoms with Gasteiger partial charge in [-0.3, -0.25) is 4.79 Å². The molecule has 2 aliphatic rings. The van der Waals surface area contributed by atoms with Gasteiger partial charge in [-0.1, -0.05) is 30.3 Å². The van der Waals surface area contributed by atoms with E-state index in [0.29, 0.717) is 6.42 Å². The van der Waals surface area contributed by atoms with Crippen molar-refractivity contribution in [3.05, 3.63) is 35.9 Å². The molecule has 22 heavy (non-hydrogen) atoms. The summed E-state index contributed by atoms with van der Waals surface area (Å²) >= 11 is 0. The SMILES string of the molecule is CC1(CC(=O)OCc2ccccc2)OC2(CCCN2CO)O1. The predicted molar refractivity (Wildman–Crippen MR) is 77.2 cm³/mol. The van der Waals surface area contributed by atoms with Crippen LogP contribution in [0.2, 0.25) is 0 Å². The molecule has 0 aliphatic carbocycles. The van der Waals surface area contributed by atoms with E-state index in [1.54, 1.807) is 11.8 Å². The smallest absolute Gasteiger partial charge is 0.311 e. The van der Waals surface area contributed by atoms with Gasteiger partial charge in [0, 0.05) is 13.0 Å². The van der Waals surface area contributed by atoms with Crippen molar-refractivity contribution in [3.63, 3.8) is 0 Å². The number of likely N-dealkylation sites (tertiary alicyclic amines) is 1. The molecule has 2 fully saturated rings. The summed E-state index contributed by atoms with van der Waals surface area (Å²) < 4.78 is 16.9. The molecule has 0 bridgehead atoms. The zero-order valence-electron chi connectivity index (χ0n) is 12.7. The van der Waals surface area contributed by atoms with Crippen molar-refractivity contribution >= 4 is 5.97 Å². The van der Waals surface area contributed by atoms with E-state index in [1.807, 2.05) is 30.3 Å². The van der Waals surface area contributed by atoms with Gasteiger partial charge < -0.3 is 19.3 Å². The molecule has 1 aromatic rings. The van der Waals surface area contributed by atoms with E-state index in [0.717, 1.165) is 18.5 Å². The minimum absolute atomic E-state index is 0.0286. The first-order valence-corrected chi connectivity index (χ1v) is 7.51. The standard InChI is InChI=1S/C16H21NO5/c1-15(21-16(22-15)8-5-9-17(16)12-18)10-14(19)20-11-13-6-3-2-4-7-13/h2-4,6-7,18H,5,8-12H2,1H3. The van der Waals surface area contributed by atoms with Gasteiger partial charge in [-0.2, -0.15) is 0 Å². The van der Waals surface area contributed by atoms with E-state index < -0.39 is 11.7 Å². The highest BCUT2D eigenvalue weighted by Gasteiger charge is 2.60. The molecule has 0 aromatic heterocycles. The molecule has 6 nitrogen and oxygen atoms in total. The molecular formula is C16H21NO5. The summed E-state index contributed by atoms with van der Waals surface area (Å²) in [6.07, 6.45) is 1.62. The first-order valence-electron chi connectivity index (χ1n) is 7.51. The Hall–Kier alpha value is -1.47. The lowest BCUT2D eigenvalue weighted by Crippen LogP contribution is -2.67. The van der Waals surface area contributed by atoms with Gasteiger partial charge in [-0.25, -0.2) is 4.90 Å². The average molecular weight is 307 g/mol. The van der Waals surface area contributed by atoms with Gasteiger partial charge >= 0.3 is 5.97 Å². The van der Waals surface area contributed by atoms with Gasteiger partial charge in [-0.05, 0) is 18.9 Å². The Bertz CT molecular complexity index is 527. The maximum atomic E-state index is 11.9. The fraction of sp³-hybridized carbons (Fsp3) is 0.562. The third kappa shape index (κ3) is 3.01. The van der Waals surface area contributed by atoms with Crippen LogP contribution in [0.4, 0.5) is 0 Å². The Morgan fingerprint density at radius 3 is 2.77 bits per heavy atom. The van der Waals surface area contributed by atoms with Crippen LogP contribution in [0.5, 0.6) is 0 Å². The van der Waals surface area contributed by atoms with Crippen molar-refractivity contribution in [2.24, 2.45) is 0 Å². The maximum Gasteiger partial charge on any atom is 0.311 e. The maximum absolute atomic E-state index is 11.9. The molecule has 2 saturated heterocycles. The normalized spacial score (nSPS) is 31.2. The topological polar surface area (TPSA) is 68.2 Å². The van der Waals surface area contributed by atoms with E-state index in [2.05, 4.69) is 0 Å². The highest BCUT2D eigenvalue weighted by molar-refractivity contribution is 5.70. The Morgan fingerprint density at radius 1 is 1.36 bits per heavy atom. The second-order valence-corrected chi connectivity index (χ2v) is 5.88. The van der Waals surface area contributed by atoms with Gasteiger partial charge in [0.15, 0.2) is 5.79 Å². The number of carbonyl (C=O) groups is 1. The van der Waals surface area contributed by atoms with Gasteiger partial charge in [0.1, 0.15) is 6.61 Å². The number of hydrogen-bond acceptors (Lipinski definition) is 6. The Labute approximate surface area is 129 Å². The zero-order chi connectivity index (χ0) is 15.6. The molecule has 1 N–H and O–H groups in total. The van der Waals surface area contributed by atoms with Crippen LogP contribution in [0.25, 0.3) is 0 Å². The summed E-state index contributed by atoms with van der Waals surface area (Å²) in [6.45, 7) is 2.57. The van der Waals surface area contributed by atoms with Gasteiger partial charge in [0.05, 0.1) is 13.2 Å². The Balaban J connectivity index is 1.48. The second kappa shape index (κ2) is 5.96. The predicted octanol–water partition coefficient (Wildman–Crippen LogP) is 1.58. The molecule has 0 amide bonds. The van der Waals surface area contributed by atoms with Crippen molar-refractivity contribution in [2.75, 3.05) is 13.3 Å². The van der Waals surface area contributed by atoms with Gasteiger partial charge in [0.25, 0.3) is 0 Å². The number of benzene rings is 1. The molecule has 6 heteroatoms. The lowest BCUT2D eigenvalue weighted by atomic mass is 10.1. The molecule has 120 valence electrons. The quantitative estimate of drug-likeness (QED) is 0.833. The van der Waals surface area contributed by atoms with Crippen LogP contribution >= 0.6 is 0 Å². The summed E-state index contributed by atoms with van der Waals surface area (Å²) in [4.78, 5) is 13.7. The molecule has 2 heterocycles. The van der Waals surface area contributed by atoms with Gasteiger partial charge in [0.2, 0.25) is 5.91 Å². The number of aliphatic hydroxyl groups excluding tert-OH is 1. The van der Waals surface area contributed by atoms with Crippen molar-refractivity contribution < 1.29 is 24.1 Å². The van der Waals surface area contributed by atoms with Crippen molar-refractivity contribution in [1.82, 2.24) is 4.90 Å². The summed E-state index contributed by atoms with van der Waals surface area (Å²) in [7, 11) is 0. The minimum atomic E-state index is -0.981. The Kier molecular flexibility index (Phi) is 4.18. The molecule has 0 radical (unpaired) electrons. The largest absolute Gasteiger partial charge is 0.461 e. The highest BCUT2D eigenvalue weighted by atomic mass is 16.9. The van der Waals surface area contributed by atoms with E-state index >= 15 is 0 Å². The molecule has 0 saturated carbocycles. The van der Waals surface area contributed by atoms with Crippen LogP contribution in [0.1, 0.15) is 31.7 Å². The molecule has 2 aliphatic heterocycles. The fourth-order valence-corrected chi connectivity index (χ4v) is 3.04. The lowest BCUT2D eigenvalue weighted by molar-refractivity contribution is -0.540. The fourth-order valence-electron chi connectivity index (χ4n) is 3.04. The molecule has 1 aromatic carbocycles. The lowest BCUT2D eigenvalue weighted by Gasteiger charge is -2.54. The summed E-state index contributed by atoms with van der Waals surface area (Å²) in [5.41, 5.74) is 0.940. The van der Waals surface area contributed by atoms with Crippen molar-refractivity contribution in [3.8, 4) is 0 Å². The van der Waals surface area contributed by atoms with E-state index in [-0.39, 0.29) is 25.7 Å². The average Bonchev–Trinajstić information content (AvgIpc) is 2.88. The van der Waals surface area contributed by atoms with Crippen molar-refractivity contribution in [2.45, 2.75) is 44.5 Å². The van der Waals surface area contributed by atoms with Crippen LogP contribution in [-0.4, -0.2) is 40.9 Å². The third-order valence-corrected chi connectivity index (χ3v) is 4.03. The highest BCUT2D eigenvalue weighted by Crippen LogP contribution is 2.48. The molecular weight excluding hydrogens is 286 g/mol. The van der Waals surface area contributed by atoms with Crippen molar-refractivity contribution in [1.29, 1.82) is 0 Å². The Morgan fingerprint density at radius 2 is 2.09 bits per heavy atom. The van der Waals surface area contributed by atoms with Crippen LogP contribution in [-0.2, 0) is 25.6 Å². The number of ether oxygens (including phenoxy) is 3. The summed E-state index contributed by atoms with van der Waals surface area (Å²) in [5, 5.41) is 9.30. The number of rotatable bonds is 5. The first kappa shape index (κ1) is 15.4. The van der Waals surface area contributed by atoms with E-state index in [4.69, 9.17) is 14.2 Å². The number of aliphatic hydroxyl groups is 1.